The highest BCUT2D eigenvalue weighted by atomic mass is 35.5. The Morgan fingerprint density at radius 3 is 2.49 bits per heavy atom. The largest absolute Gasteiger partial charge is 0.504 e. The van der Waals surface area contributed by atoms with E-state index in [-0.39, 0.29) is 36.4 Å². The summed E-state index contributed by atoms with van der Waals surface area (Å²) in [6, 6.07) is 12.4. The van der Waals surface area contributed by atoms with Gasteiger partial charge in [-0.1, -0.05) is 29.8 Å². The van der Waals surface area contributed by atoms with E-state index in [1.54, 1.807) is 19.1 Å². The fraction of sp³-hybridized carbons (Fsp3) is 0.370. The van der Waals surface area contributed by atoms with E-state index in [4.69, 9.17) is 30.8 Å². The lowest BCUT2D eigenvalue weighted by atomic mass is 9.69. The molecule has 1 N–H and O–H groups in total. The van der Waals surface area contributed by atoms with Crippen LogP contribution in [0.15, 0.2) is 58.7 Å². The lowest BCUT2D eigenvalue weighted by Crippen LogP contribution is -2.38. The van der Waals surface area contributed by atoms with Gasteiger partial charge in [0.05, 0.1) is 13.7 Å². The summed E-state index contributed by atoms with van der Waals surface area (Å²) in [4.78, 5) is 31.6. The fourth-order valence-electron chi connectivity index (χ4n) is 4.90. The van der Waals surface area contributed by atoms with Gasteiger partial charge in [-0.15, -0.1) is 0 Å². The number of esters is 1. The summed E-state index contributed by atoms with van der Waals surface area (Å²) in [5.74, 6) is -1.71. The van der Waals surface area contributed by atoms with E-state index >= 15 is 0 Å². The molecule has 0 saturated heterocycles. The molecule has 2 aliphatic rings. The van der Waals surface area contributed by atoms with Gasteiger partial charge in [0.25, 0.3) is 0 Å². The molecule has 35 heavy (non-hydrogen) atoms. The number of nitrogens with zero attached hydrogens (tertiary/aromatic N) is 1. The van der Waals surface area contributed by atoms with Crippen LogP contribution in [0.3, 0.4) is 0 Å². The Hall–Kier alpha value is -3.16. The van der Waals surface area contributed by atoms with Crippen LogP contribution >= 0.6 is 11.6 Å². The molecule has 0 spiro atoms. The smallest absolute Gasteiger partial charge is 0.315 e. The average molecular weight is 498 g/mol. The van der Waals surface area contributed by atoms with Crippen LogP contribution in [0.2, 0.25) is 5.02 Å². The first-order valence-corrected chi connectivity index (χ1v) is 11.8. The summed E-state index contributed by atoms with van der Waals surface area (Å²) in [7, 11) is 2.98. The first kappa shape index (κ1) is 24.9. The minimum Gasteiger partial charge on any atom is -0.504 e. The van der Waals surface area contributed by atoms with Crippen molar-refractivity contribution in [2.75, 3.05) is 27.4 Å². The number of carbonyl (C=O) groups is 2. The molecular formula is C27H28ClNO6. The predicted octanol–water partition coefficient (Wildman–Crippen LogP) is 4.82. The molecule has 3 atom stereocenters. The Kier molecular flexibility index (Phi) is 7.57. The van der Waals surface area contributed by atoms with E-state index < -0.39 is 17.8 Å². The third kappa shape index (κ3) is 5.11. The molecule has 0 aromatic heterocycles. The molecule has 2 aromatic rings. The highest BCUT2D eigenvalue weighted by Gasteiger charge is 2.45. The number of aromatic hydroxyl groups is 1. The molecule has 0 bridgehead atoms. The summed E-state index contributed by atoms with van der Waals surface area (Å²) in [5.41, 5.74) is 3.46. The minimum absolute atomic E-state index is 0.0244. The molecule has 4 rings (SSSR count). The van der Waals surface area contributed by atoms with Crippen molar-refractivity contribution in [3.8, 4) is 11.5 Å². The van der Waals surface area contributed by atoms with Gasteiger partial charge in [-0.05, 0) is 54.7 Å². The van der Waals surface area contributed by atoms with Crippen LogP contribution in [-0.4, -0.2) is 50.0 Å². The predicted molar refractivity (Wildman–Crippen MR) is 132 cm³/mol. The van der Waals surface area contributed by atoms with Crippen molar-refractivity contribution in [2.45, 2.75) is 31.6 Å². The van der Waals surface area contributed by atoms with Gasteiger partial charge >= 0.3 is 5.97 Å². The van der Waals surface area contributed by atoms with Gasteiger partial charge in [-0.2, -0.15) is 0 Å². The Balaban J connectivity index is 1.77. The van der Waals surface area contributed by atoms with E-state index in [9.17, 15) is 14.7 Å². The summed E-state index contributed by atoms with van der Waals surface area (Å²) >= 11 is 6.05. The molecule has 1 aliphatic heterocycles. The SMILES string of the molecule is COCCOC(=O)C1C(C)=NC2=C(C(=O)C[C@H](c3ccc(Cl)cc3)C2)[C@H]1c1ccc(O)c(OC)c1. The average Bonchev–Trinajstić information content (AvgIpc) is 2.84. The fourth-order valence-corrected chi connectivity index (χ4v) is 5.02. The number of aliphatic imine (C=N–C) groups is 1. The zero-order chi connectivity index (χ0) is 25.1. The quantitative estimate of drug-likeness (QED) is 0.435. The van der Waals surface area contributed by atoms with Gasteiger partial charge in [0.1, 0.15) is 12.5 Å². The van der Waals surface area contributed by atoms with E-state index in [1.165, 1.54) is 20.3 Å². The van der Waals surface area contributed by atoms with Crippen LogP contribution in [0, 0.1) is 5.92 Å². The monoisotopic (exact) mass is 497 g/mol. The number of phenols is 1. The van der Waals surface area contributed by atoms with E-state index in [0.29, 0.717) is 40.4 Å². The first-order chi connectivity index (χ1) is 16.8. The molecule has 184 valence electrons. The third-order valence-corrected chi connectivity index (χ3v) is 6.83. The summed E-state index contributed by atoms with van der Waals surface area (Å²) in [6.45, 7) is 2.15. The molecule has 1 aliphatic carbocycles. The molecule has 1 unspecified atom stereocenters. The van der Waals surface area contributed by atoms with Gasteiger partial charge in [-0.3, -0.25) is 14.6 Å². The number of hydrogen-bond acceptors (Lipinski definition) is 7. The number of hydrogen-bond donors (Lipinski definition) is 1. The summed E-state index contributed by atoms with van der Waals surface area (Å²) in [5, 5.41) is 10.8. The molecule has 2 aromatic carbocycles. The number of Topliss-reactive ketones (excluding diaryl/α,β-unsaturated/α-hetero) is 1. The zero-order valence-electron chi connectivity index (χ0n) is 19.9. The maximum atomic E-state index is 13.6. The van der Waals surface area contributed by atoms with E-state index in [2.05, 4.69) is 0 Å². The maximum absolute atomic E-state index is 13.6. The van der Waals surface area contributed by atoms with Crippen molar-refractivity contribution >= 4 is 29.1 Å². The van der Waals surface area contributed by atoms with Gasteiger partial charge in [0, 0.05) is 41.5 Å². The Labute approximate surface area is 209 Å². The van der Waals surface area contributed by atoms with Crippen LogP contribution in [0.25, 0.3) is 0 Å². The minimum atomic E-state index is -0.782. The number of rotatable bonds is 7. The number of ketones is 1. The number of phenolic OH excluding ortho intramolecular Hbond substituents is 1. The van der Waals surface area contributed by atoms with Crippen LogP contribution in [0.4, 0.5) is 0 Å². The van der Waals surface area contributed by atoms with Crippen molar-refractivity contribution in [2.24, 2.45) is 10.9 Å². The normalized spacial score (nSPS) is 21.9. The van der Waals surface area contributed by atoms with Crippen molar-refractivity contribution in [1.82, 2.24) is 0 Å². The van der Waals surface area contributed by atoms with E-state index in [0.717, 1.165) is 5.56 Å². The molecule has 0 radical (unpaired) electrons. The second kappa shape index (κ2) is 10.6. The molecule has 1 heterocycles. The van der Waals surface area contributed by atoms with Crippen LogP contribution in [0.5, 0.6) is 11.5 Å². The van der Waals surface area contributed by atoms with Crippen molar-refractivity contribution in [3.63, 3.8) is 0 Å². The van der Waals surface area contributed by atoms with Crippen LogP contribution in [0.1, 0.15) is 42.7 Å². The first-order valence-electron chi connectivity index (χ1n) is 11.4. The number of methoxy groups -OCH3 is 2. The summed E-state index contributed by atoms with van der Waals surface area (Å²) < 4.78 is 15.8. The second-order valence-electron chi connectivity index (χ2n) is 8.74. The van der Waals surface area contributed by atoms with E-state index in [1.807, 2.05) is 24.3 Å². The molecule has 0 fully saturated rings. The zero-order valence-corrected chi connectivity index (χ0v) is 20.7. The Bertz CT molecular complexity index is 1190. The van der Waals surface area contributed by atoms with Gasteiger partial charge in [0.2, 0.25) is 0 Å². The van der Waals surface area contributed by atoms with Gasteiger partial charge < -0.3 is 19.3 Å². The number of allylic oxidation sites excluding steroid dienone is 2. The van der Waals surface area contributed by atoms with Crippen molar-refractivity contribution in [1.29, 1.82) is 0 Å². The van der Waals surface area contributed by atoms with Crippen molar-refractivity contribution in [3.05, 3.63) is 69.9 Å². The Morgan fingerprint density at radius 1 is 1.09 bits per heavy atom. The topological polar surface area (TPSA) is 94.4 Å². The lowest BCUT2D eigenvalue weighted by Gasteiger charge is -2.36. The second-order valence-corrected chi connectivity index (χ2v) is 9.18. The standard InChI is InChI=1S/C27H28ClNO6/c1-15-24(27(32)35-11-10-33-2)25(17-6-9-21(30)23(14-17)34-3)26-20(29-15)12-18(13-22(26)31)16-4-7-19(28)8-5-16/h4-9,14,18,24-25,30H,10-13H2,1-3H3/t18-,24?,25+/m1/s1. The van der Waals surface area contributed by atoms with Crippen LogP contribution in [-0.2, 0) is 19.1 Å². The number of carbonyl (C=O) groups excluding carboxylic acids is 2. The molecule has 8 heteroatoms. The van der Waals surface area contributed by atoms with Crippen LogP contribution < -0.4 is 4.74 Å². The maximum Gasteiger partial charge on any atom is 0.315 e. The number of halogens is 1. The molecule has 0 amide bonds. The number of ether oxygens (including phenoxy) is 3. The summed E-state index contributed by atoms with van der Waals surface area (Å²) in [6.07, 6.45) is 0.864. The molecule has 0 saturated carbocycles. The third-order valence-electron chi connectivity index (χ3n) is 6.58. The lowest BCUT2D eigenvalue weighted by molar-refractivity contribution is -0.147. The highest BCUT2D eigenvalue weighted by molar-refractivity contribution is 6.30. The molecule has 7 nitrogen and oxygen atoms in total. The Morgan fingerprint density at radius 2 is 1.80 bits per heavy atom. The highest BCUT2D eigenvalue weighted by Crippen LogP contribution is 2.48. The van der Waals surface area contributed by atoms with Gasteiger partial charge in [-0.25, -0.2) is 0 Å². The van der Waals surface area contributed by atoms with Gasteiger partial charge in [0.15, 0.2) is 17.3 Å². The van der Waals surface area contributed by atoms with Crippen molar-refractivity contribution < 1.29 is 28.9 Å². The number of benzene rings is 2. The molecular weight excluding hydrogens is 470 g/mol.